The number of nitrogens with one attached hydrogen (secondary N) is 2. The van der Waals surface area contributed by atoms with E-state index in [4.69, 9.17) is 5.73 Å². The van der Waals surface area contributed by atoms with Gasteiger partial charge in [0.15, 0.2) is 0 Å². The Hall–Kier alpha value is -2.67. The molecule has 126 valence electrons. The molecule has 7 heteroatoms. The number of carbonyl (C=O) groups excluding carboxylic acids is 2. The van der Waals surface area contributed by atoms with Gasteiger partial charge in [0.1, 0.15) is 0 Å². The standard InChI is InChI=1S/C17H21N5O2/c1-11-7-14(21-20-11)15-8-13(10-22(15)16(23)9-18)19-17(24)12-5-3-2-4-6-12/h2-7,13,15H,8-10,18H2,1H3,(H,19,24)(H,20,21). The van der Waals surface area contributed by atoms with Crippen LogP contribution in [0.3, 0.4) is 0 Å². The first-order valence-electron chi connectivity index (χ1n) is 7.96. The molecular formula is C17H21N5O2. The third kappa shape index (κ3) is 3.30. The molecule has 4 N–H and O–H groups in total. The number of hydrogen-bond acceptors (Lipinski definition) is 4. The summed E-state index contributed by atoms with van der Waals surface area (Å²) in [5.74, 6) is -0.272. The van der Waals surface area contributed by atoms with Crippen molar-refractivity contribution in [1.82, 2.24) is 20.4 Å². The van der Waals surface area contributed by atoms with Crippen molar-refractivity contribution >= 4 is 11.8 Å². The zero-order chi connectivity index (χ0) is 17.1. The van der Waals surface area contributed by atoms with Gasteiger partial charge in [-0.3, -0.25) is 14.7 Å². The number of carbonyl (C=O) groups is 2. The number of likely N-dealkylation sites (tertiary alicyclic amines) is 1. The summed E-state index contributed by atoms with van der Waals surface area (Å²) in [6, 6.07) is 10.7. The zero-order valence-corrected chi connectivity index (χ0v) is 13.5. The van der Waals surface area contributed by atoms with Crippen LogP contribution in [-0.2, 0) is 4.79 Å². The lowest BCUT2D eigenvalue weighted by Gasteiger charge is -2.22. The molecule has 24 heavy (non-hydrogen) atoms. The summed E-state index contributed by atoms with van der Waals surface area (Å²) in [4.78, 5) is 26.2. The number of aromatic nitrogens is 2. The minimum Gasteiger partial charge on any atom is -0.347 e. The molecule has 0 saturated carbocycles. The van der Waals surface area contributed by atoms with E-state index >= 15 is 0 Å². The first-order valence-corrected chi connectivity index (χ1v) is 7.96. The highest BCUT2D eigenvalue weighted by Gasteiger charge is 2.37. The number of amides is 2. The van der Waals surface area contributed by atoms with E-state index in [1.165, 1.54) is 0 Å². The van der Waals surface area contributed by atoms with Gasteiger partial charge in [0.2, 0.25) is 5.91 Å². The van der Waals surface area contributed by atoms with Crippen LogP contribution in [0.4, 0.5) is 0 Å². The molecule has 1 saturated heterocycles. The van der Waals surface area contributed by atoms with Crippen LogP contribution in [-0.4, -0.2) is 46.0 Å². The summed E-state index contributed by atoms with van der Waals surface area (Å²) in [7, 11) is 0. The van der Waals surface area contributed by atoms with Gasteiger partial charge in [0.05, 0.1) is 24.0 Å². The van der Waals surface area contributed by atoms with Gasteiger partial charge < -0.3 is 16.0 Å². The van der Waals surface area contributed by atoms with Gasteiger partial charge in [-0.2, -0.15) is 5.10 Å². The third-order valence-electron chi connectivity index (χ3n) is 4.25. The van der Waals surface area contributed by atoms with Gasteiger partial charge in [-0.25, -0.2) is 0 Å². The molecule has 0 radical (unpaired) electrons. The van der Waals surface area contributed by atoms with Crippen LogP contribution in [0.1, 0.15) is 34.2 Å². The van der Waals surface area contributed by atoms with Crippen molar-refractivity contribution in [1.29, 1.82) is 0 Å². The first kappa shape index (κ1) is 16.2. The highest BCUT2D eigenvalue weighted by Crippen LogP contribution is 2.31. The molecule has 2 unspecified atom stereocenters. The van der Waals surface area contributed by atoms with Crippen LogP contribution < -0.4 is 11.1 Å². The number of H-pyrrole nitrogens is 1. The van der Waals surface area contributed by atoms with Crippen molar-refractivity contribution in [3.8, 4) is 0 Å². The third-order valence-corrected chi connectivity index (χ3v) is 4.25. The summed E-state index contributed by atoms with van der Waals surface area (Å²) in [5.41, 5.74) is 7.87. The van der Waals surface area contributed by atoms with E-state index in [9.17, 15) is 9.59 Å². The number of nitrogens with zero attached hydrogens (tertiary/aromatic N) is 2. The molecule has 2 aromatic rings. The fraction of sp³-hybridized carbons (Fsp3) is 0.353. The lowest BCUT2D eigenvalue weighted by molar-refractivity contribution is -0.130. The van der Waals surface area contributed by atoms with Crippen molar-refractivity contribution in [2.45, 2.75) is 25.4 Å². The van der Waals surface area contributed by atoms with Crippen molar-refractivity contribution in [2.24, 2.45) is 5.73 Å². The number of benzene rings is 1. The summed E-state index contributed by atoms with van der Waals surface area (Å²) >= 11 is 0. The monoisotopic (exact) mass is 327 g/mol. The van der Waals surface area contributed by atoms with Crippen LogP contribution in [0, 0.1) is 6.92 Å². The Balaban J connectivity index is 1.74. The summed E-state index contributed by atoms with van der Waals surface area (Å²) < 4.78 is 0. The van der Waals surface area contributed by atoms with Crippen molar-refractivity contribution < 1.29 is 9.59 Å². The molecule has 1 aliphatic heterocycles. The Morgan fingerprint density at radius 3 is 2.75 bits per heavy atom. The molecule has 1 aromatic heterocycles. The van der Waals surface area contributed by atoms with E-state index in [2.05, 4.69) is 15.5 Å². The highest BCUT2D eigenvalue weighted by atomic mass is 16.2. The van der Waals surface area contributed by atoms with Gasteiger partial charge in [0.25, 0.3) is 5.91 Å². The Morgan fingerprint density at radius 1 is 1.38 bits per heavy atom. The van der Waals surface area contributed by atoms with Gasteiger partial charge in [-0.15, -0.1) is 0 Å². The Morgan fingerprint density at radius 2 is 2.12 bits per heavy atom. The largest absolute Gasteiger partial charge is 0.347 e. The molecule has 1 aromatic carbocycles. The predicted octanol–water partition coefficient (Wildman–Crippen LogP) is 0.749. The number of nitrogens with two attached hydrogens (primary N) is 1. The smallest absolute Gasteiger partial charge is 0.251 e. The van der Waals surface area contributed by atoms with Gasteiger partial charge in [-0.05, 0) is 31.5 Å². The molecule has 2 atom stereocenters. The zero-order valence-electron chi connectivity index (χ0n) is 13.5. The maximum Gasteiger partial charge on any atom is 0.251 e. The summed E-state index contributed by atoms with van der Waals surface area (Å²) in [5, 5.41) is 10.1. The molecule has 7 nitrogen and oxygen atoms in total. The fourth-order valence-electron chi connectivity index (χ4n) is 3.10. The normalized spacial score (nSPS) is 20.2. The molecule has 1 aliphatic rings. The molecule has 3 rings (SSSR count). The fourth-order valence-corrected chi connectivity index (χ4v) is 3.10. The van der Waals surface area contributed by atoms with Crippen LogP contribution >= 0.6 is 0 Å². The quantitative estimate of drug-likeness (QED) is 0.770. The Labute approximate surface area is 140 Å². The van der Waals surface area contributed by atoms with Crippen molar-refractivity contribution in [3.05, 3.63) is 53.3 Å². The molecule has 2 heterocycles. The van der Waals surface area contributed by atoms with Crippen molar-refractivity contribution in [3.63, 3.8) is 0 Å². The lowest BCUT2D eigenvalue weighted by Crippen LogP contribution is -2.40. The Bertz CT molecular complexity index is 728. The highest BCUT2D eigenvalue weighted by molar-refractivity contribution is 5.94. The molecule has 2 amide bonds. The molecule has 1 fully saturated rings. The van der Waals surface area contributed by atoms with Crippen LogP contribution in [0.5, 0.6) is 0 Å². The second-order valence-corrected chi connectivity index (χ2v) is 6.00. The number of aryl methyl sites for hydroxylation is 1. The lowest BCUT2D eigenvalue weighted by atomic mass is 10.1. The molecule has 0 bridgehead atoms. The number of hydrogen-bond donors (Lipinski definition) is 3. The van der Waals surface area contributed by atoms with E-state index in [-0.39, 0.29) is 30.4 Å². The van der Waals surface area contributed by atoms with E-state index in [1.54, 1.807) is 17.0 Å². The second kappa shape index (κ2) is 6.84. The van der Waals surface area contributed by atoms with Gasteiger partial charge >= 0.3 is 0 Å². The van der Waals surface area contributed by atoms with Gasteiger partial charge in [0, 0.05) is 18.2 Å². The van der Waals surface area contributed by atoms with E-state index in [1.807, 2.05) is 31.2 Å². The minimum atomic E-state index is -0.150. The first-order chi connectivity index (χ1) is 11.6. The Kier molecular flexibility index (Phi) is 4.61. The van der Waals surface area contributed by atoms with Crippen LogP contribution in [0.15, 0.2) is 36.4 Å². The number of aromatic amines is 1. The van der Waals surface area contributed by atoms with E-state index < -0.39 is 0 Å². The maximum absolute atomic E-state index is 12.3. The predicted molar refractivity (Wildman–Crippen MR) is 89.1 cm³/mol. The van der Waals surface area contributed by atoms with Gasteiger partial charge in [-0.1, -0.05) is 18.2 Å². The summed E-state index contributed by atoms with van der Waals surface area (Å²) in [6.45, 7) is 2.28. The van der Waals surface area contributed by atoms with E-state index in [0.717, 1.165) is 11.4 Å². The molecule has 0 spiro atoms. The maximum atomic E-state index is 12.3. The van der Waals surface area contributed by atoms with Crippen molar-refractivity contribution in [2.75, 3.05) is 13.1 Å². The van der Waals surface area contributed by atoms with Crippen LogP contribution in [0.25, 0.3) is 0 Å². The molecular weight excluding hydrogens is 306 g/mol. The average molecular weight is 327 g/mol. The topological polar surface area (TPSA) is 104 Å². The average Bonchev–Trinajstić information content (AvgIpc) is 3.21. The van der Waals surface area contributed by atoms with Crippen LogP contribution in [0.2, 0.25) is 0 Å². The molecule has 0 aliphatic carbocycles. The van der Waals surface area contributed by atoms with E-state index in [0.29, 0.717) is 18.5 Å². The second-order valence-electron chi connectivity index (χ2n) is 6.00. The summed E-state index contributed by atoms with van der Waals surface area (Å²) in [6.07, 6.45) is 0.631. The number of rotatable bonds is 4. The SMILES string of the molecule is Cc1cc(C2CC(NC(=O)c3ccccc3)CN2C(=O)CN)[nH]n1. The minimum absolute atomic E-state index is 0.0526.